The molecule has 0 aliphatic carbocycles. The second kappa shape index (κ2) is 7.58. The number of methoxy groups -OCH3 is 1. The van der Waals surface area contributed by atoms with Gasteiger partial charge in [-0.05, 0) is 24.3 Å². The monoisotopic (exact) mass is 353 g/mol. The first-order chi connectivity index (χ1) is 12.5. The van der Waals surface area contributed by atoms with Crippen molar-refractivity contribution in [1.82, 2.24) is 14.8 Å². The number of benzene rings is 1. The van der Waals surface area contributed by atoms with Gasteiger partial charge in [0.05, 0.1) is 11.3 Å². The molecule has 0 fully saturated rings. The van der Waals surface area contributed by atoms with Crippen LogP contribution in [-0.2, 0) is 10.2 Å². The Bertz CT molecular complexity index is 873. The maximum absolute atomic E-state index is 5.59. The van der Waals surface area contributed by atoms with Crippen LogP contribution in [0.1, 0.15) is 37.9 Å². The number of hydrogen-bond acceptors (Lipinski definition) is 5. The molecule has 26 heavy (non-hydrogen) atoms. The van der Waals surface area contributed by atoms with E-state index in [1.807, 2.05) is 48.7 Å². The minimum Gasteiger partial charge on any atom is -0.449 e. The molecule has 0 unspecified atom stereocenters. The first-order valence-electron chi connectivity index (χ1n) is 8.38. The molecule has 136 valence electrons. The van der Waals surface area contributed by atoms with Gasteiger partial charge in [0.2, 0.25) is 5.88 Å². The van der Waals surface area contributed by atoms with E-state index in [2.05, 4.69) is 30.9 Å². The van der Waals surface area contributed by atoms with Crippen LogP contribution in [0.4, 0.5) is 0 Å². The molecular weight excluding hydrogens is 330 g/mol. The minimum absolute atomic E-state index is 0.128. The van der Waals surface area contributed by atoms with Crippen molar-refractivity contribution in [3.63, 3.8) is 0 Å². The second-order valence-electron chi connectivity index (χ2n) is 6.88. The van der Waals surface area contributed by atoms with Crippen molar-refractivity contribution in [2.24, 2.45) is 0 Å². The topological polar surface area (TPSA) is 62.3 Å². The molecule has 1 aromatic carbocycles. The van der Waals surface area contributed by atoms with Crippen LogP contribution in [0, 0.1) is 0 Å². The molecule has 0 spiro atoms. The van der Waals surface area contributed by atoms with Crippen LogP contribution in [0.5, 0.6) is 5.88 Å². The van der Waals surface area contributed by atoms with E-state index >= 15 is 0 Å². The average molecular weight is 353 g/mol. The summed E-state index contributed by atoms with van der Waals surface area (Å²) in [5.41, 5.74) is 2.40. The van der Waals surface area contributed by atoms with Crippen LogP contribution < -0.4 is 4.74 Å². The van der Waals surface area contributed by atoms with Crippen LogP contribution in [0.15, 0.2) is 47.2 Å². The summed E-state index contributed by atoms with van der Waals surface area (Å²) >= 11 is 0. The summed E-state index contributed by atoms with van der Waals surface area (Å²) in [7, 11) is 1.58. The smallest absolute Gasteiger partial charge is 0.242 e. The van der Waals surface area contributed by atoms with Crippen molar-refractivity contribution < 1.29 is 13.9 Å². The SMILES string of the molecule is COCOc1nn(-c2ccccc2)cc1C=Cc1coc(C(C)(C)C)n1. The molecule has 6 heteroatoms. The lowest BCUT2D eigenvalue weighted by Gasteiger charge is -2.11. The van der Waals surface area contributed by atoms with Crippen molar-refractivity contribution in [2.45, 2.75) is 26.2 Å². The zero-order valence-electron chi connectivity index (χ0n) is 15.5. The Morgan fingerprint density at radius 1 is 1.15 bits per heavy atom. The molecule has 6 nitrogen and oxygen atoms in total. The van der Waals surface area contributed by atoms with E-state index in [0.717, 1.165) is 16.9 Å². The largest absolute Gasteiger partial charge is 0.449 e. The predicted molar refractivity (Wildman–Crippen MR) is 100 cm³/mol. The fourth-order valence-corrected chi connectivity index (χ4v) is 2.31. The Kier molecular flexibility index (Phi) is 5.23. The maximum atomic E-state index is 5.59. The summed E-state index contributed by atoms with van der Waals surface area (Å²) in [5, 5.41) is 4.49. The molecule has 3 aromatic rings. The number of nitrogens with zero attached hydrogens (tertiary/aromatic N) is 3. The van der Waals surface area contributed by atoms with Crippen molar-refractivity contribution in [3.05, 3.63) is 59.9 Å². The van der Waals surface area contributed by atoms with E-state index in [1.54, 1.807) is 18.1 Å². The molecule has 3 rings (SSSR count). The molecule has 0 N–H and O–H groups in total. The molecule has 0 radical (unpaired) electrons. The van der Waals surface area contributed by atoms with Crippen LogP contribution in [0.2, 0.25) is 0 Å². The highest BCUT2D eigenvalue weighted by atomic mass is 16.7. The summed E-state index contributed by atoms with van der Waals surface area (Å²) in [5.74, 6) is 1.19. The highest BCUT2D eigenvalue weighted by molar-refractivity contribution is 5.70. The number of rotatable bonds is 6. The molecule has 0 saturated heterocycles. The van der Waals surface area contributed by atoms with E-state index in [0.29, 0.717) is 11.8 Å². The van der Waals surface area contributed by atoms with Crippen molar-refractivity contribution in [1.29, 1.82) is 0 Å². The van der Waals surface area contributed by atoms with Gasteiger partial charge in [0.15, 0.2) is 12.7 Å². The number of ether oxygens (including phenoxy) is 2. The highest BCUT2D eigenvalue weighted by Crippen LogP contribution is 2.24. The number of para-hydroxylation sites is 1. The van der Waals surface area contributed by atoms with Crippen LogP contribution in [0.25, 0.3) is 17.8 Å². The van der Waals surface area contributed by atoms with Gasteiger partial charge in [-0.2, -0.15) is 0 Å². The fourth-order valence-electron chi connectivity index (χ4n) is 2.31. The molecule has 0 saturated carbocycles. The van der Waals surface area contributed by atoms with Gasteiger partial charge in [-0.1, -0.05) is 39.0 Å². The average Bonchev–Trinajstić information content (AvgIpc) is 3.25. The summed E-state index contributed by atoms with van der Waals surface area (Å²) in [6, 6.07) is 9.85. The molecule has 0 atom stereocenters. The molecule has 2 heterocycles. The first-order valence-corrected chi connectivity index (χ1v) is 8.38. The standard InChI is InChI=1S/C20H23N3O3/c1-20(2,3)19-21-16(13-25-19)11-10-15-12-23(17-8-6-5-7-9-17)22-18(15)26-14-24-4/h5-13H,14H2,1-4H3. The lowest BCUT2D eigenvalue weighted by molar-refractivity contribution is 0.0474. The maximum Gasteiger partial charge on any atom is 0.242 e. The first kappa shape index (κ1) is 17.9. The number of hydrogen-bond donors (Lipinski definition) is 0. The number of aromatic nitrogens is 3. The van der Waals surface area contributed by atoms with Gasteiger partial charge < -0.3 is 13.9 Å². The molecule has 0 bridgehead atoms. The quantitative estimate of drug-likeness (QED) is 0.618. The molecule has 2 aromatic heterocycles. The fraction of sp³-hybridized carbons (Fsp3) is 0.300. The van der Waals surface area contributed by atoms with Gasteiger partial charge >= 0.3 is 0 Å². The zero-order valence-corrected chi connectivity index (χ0v) is 15.5. The highest BCUT2D eigenvalue weighted by Gasteiger charge is 2.19. The van der Waals surface area contributed by atoms with Crippen molar-refractivity contribution in [2.75, 3.05) is 13.9 Å². The predicted octanol–water partition coefficient (Wildman–Crippen LogP) is 4.31. The Hall–Kier alpha value is -2.86. The van der Waals surface area contributed by atoms with E-state index in [-0.39, 0.29) is 12.2 Å². The van der Waals surface area contributed by atoms with E-state index < -0.39 is 0 Å². The van der Waals surface area contributed by atoms with Crippen LogP contribution >= 0.6 is 0 Å². The van der Waals surface area contributed by atoms with Gasteiger partial charge in [0, 0.05) is 18.7 Å². The number of oxazole rings is 1. The van der Waals surface area contributed by atoms with Crippen LogP contribution in [-0.4, -0.2) is 28.7 Å². The molecule has 0 aliphatic rings. The Labute approximate surface area is 153 Å². The molecule has 0 aliphatic heterocycles. The third-order valence-corrected chi connectivity index (χ3v) is 3.64. The van der Waals surface area contributed by atoms with Gasteiger partial charge in [-0.25, -0.2) is 9.67 Å². The summed E-state index contributed by atoms with van der Waals surface area (Å²) in [6.07, 6.45) is 7.34. The lowest BCUT2D eigenvalue weighted by Crippen LogP contribution is -2.11. The second-order valence-corrected chi connectivity index (χ2v) is 6.88. The van der Waals surface area contributed by atoms with Crippen LogP contribution in [0.3, 0.4) is 0 Å². The lowest BCUT2D eigenvalue weighted by atomic mass is 9.97. The molecular formula is C20H23N3O3. The van der Waals surface area contributed by atoms with Gasteiger partial charge in [0.1, 0.15) is 12.0 Å². The molecule has 0 amide bonds. The summed E-state index contributed by atoms with van der Waals surface area (Å²) in [4.78, 5) is 4.51. The Morgan fingerprint density at radius 2 is 1.92 bits per heavy atom. The summed E-state index contributed by atoms with van der Waals surface area (Å²) in [6.45, 7) is 6.32. The van der Waals surface area contributed by atoms with Gasteiger partial charge in [0.25, 0.3) is 0 Å². The third kappa shape index (κ3) is 4.21. The van der Waals surface area contributed by atoms with E-state index in [4.69, 9.17) is 13.9 Å². The van der Waals surface area contributed by atoms with Gasteiger partial charge in [-0.3, -0.25) is 0 Å². The Morgan fingerprint density at radius 3 is 2.58 bits per heavy atom. The van der Waals surface area contributed by atoms with E-state index in [9.17, 15) is 0 Å². The van der Waals surface area contributed by atoms with Crippen molar-refractivity contribution >= 4 is 12.2 Å². The zero-order chi connectivity index (χ0) is 18.6. The van der Waals surface area contributed by atoms with Gasteiger partial charge in [-0.15, -0.1) is 5.10 Å². The van der Waals surface area contributed by atoms with Crippen molar-refractivity contribution in [3.8, 4) is 11.6 Å². The summed E-state index contributed by atoms with van der Waals surface area (Å²) < 4.78 is 17.9. The Balaban J connectivity index is 1.88. The minimum atomic E-state index is -0.128. The normalized spacial score (nSPS) is 12.0. The third-order valence-electron chi connectivity index (χ3n) is 3.64. The van der Waals surface area contributed by atoms with E-state index in [1.165, 1.54) is 0 Å².